The highest BCUT2D eigenvalue weighted by atomic mass is 32.1. The highest BCUT2D eigenvalue weighted by Gasteiger charge is 1.98. The minimum Gasteiger partial charge on any atom is -0.468 e. The third kappa shape index (κ3) is 1.62. The fourth-order valence-corrected chi connectivity index (χ4v) is 1.26. The zero-order chi connectivity index (χ0) is 8.23. The van der Waals surface area contributed by atoms with Crippen LogP contribution < -0.4 is 4.74 Å². The van der Waals surface area contributed by atoms with Gasteiger partial charge in [0.05, 0.1) is 0 Å². The van der Waals surface area contributed by atoms with E-state index in [2.05, 4.69) is 9.97 Å². The summed E-state index contributed by atoms with van der Waals surface area (Å²) in [6, 6.07) is 0. The van der Waals surface area contributed by atoms with Crippen LogP contribution in [0.5, 0.6) is 5.88 Å². The van der Waals surface area contributed by atoms with Crippen molar-refractivity contribution >= 4 is 11.3 Å². The van der Waals surface area contributed by atoms with Crippen LogP contribution >= 0.6 is 11.3 Å². The van der Waals surface area contributed by atoms with Crippen LogP contribution in [0.3, 0.4) is 0 Å². The number of hydrogen-bond acceptors (Lipinski definition) is 5. The van der Waals surface area contributed by atoms with Crippen molar-refractivity contribution in [2.75, 3.05) is 0 Å². The fraction of sp³-hybridized carbons (Fsp3) is 0.143. The monoisotopic (exact) mass is 182 g/mol. The van der Waals surface area contributed by atoms with Crippen LogP contribution in [-0.4, -0.2) is 9.97 Å². The largest absolute Gasteiger partial charge is 0.468 e. The lowest BCUT2D eigenvalue weighted by Crippen LogP contribution is -1.93. The summed E-state index contributed by atoms with van der Waals surface area (Å²) in [4.78, 5) is 7.85. The molecule has 0 atom stereocenters. The Morgan fingerprint density at radius 3 is 3.17 bits per heavy atom. The Labute approximate surface area is 72.8 Å². The summed E-state index contributed by atoms with van der Waals surface area (Å²) in [7, 11) is 0. The van der Waals surface area contributed by atoms with Crippen molar-refractivity contribution in [1.29, 1.82) is 0 Å². The number of thiazole rings is 1. The molecule has 0 radical (unpaired) electrons. The molecule has 2 heterocycles. The Balaban J connectivity index is 1.91. The Hall–Kier alpha value is -1.36. The number of hydrogen-bond donors (Lipinski definition) is 0. The molecular formula is C7H6N2O2S. The molecule has 2 aromatic rings. The van der Waals surface area contributed by atoms with Crippen molar-refractivity contribution in [3.8, 4) is 5.88 Å². The van der Waals surface area contributed by atoms with Crippen molar-refractivity contribution in [3.63, 3.8) is 0 Å². The predicted octanol–water partition coefficient (Wildman–Crippen LogP) is 1.71. The second-order valence-electron chi connectivity index (χ2n) is 2.04. The molecule has 0 aliphatic carbocycles. The smallest absolute Gasteiger partial charge is 0.253 e. The molecule has 4 nitrogen and oxygen atoms in total. The molecule has 62 valence electrons. The first-order valence-electron chi connectivity index (χ1n) is 3.34. The number of nitrogens with zero attached hydrogens (tertiary/aromatic N) is 2. The van der Waals surface area contributed by atoms with Crippen molar-refractivity contribution in [1.82, 2.24) is 9.97 Å². The van der Waals surface area contributed by atoms with Crippen LogP contribution in [0, 0.1) is 0 Å². The molecule has 0 saturated carbocycles. The van der Waals surface area contributed by atoms with E-state index >= 15 is 0 Å². The second kappa shape index (κ2) is 3.36. The Morgan fingerprint density at radius 2 is 2.50 bits per heavy atom. The lowest BCUT2D eigenvalue weighted by molar-refractivity contribution is 0.292. The maximum Gasteiger partial charge on any atom is 0.253 e. The molecule has 2 aromatic heterocycles. The number of rotatable bonds is 3. The van der Waals surface area contributed by atoms with Gasteiger partial charge in [0.1, 0.15) is 11.6 Å². The predicted molar refractivity (Wildman–Crippen MR) is 42.9 cm³/mol. The van der Waals surface area contributed by atoms with Gasteiger partial charge in [0.2, 0.25) is 0 Å². The van der Waals surface area contributed by atoms with Gasteiger partial charge >= 0.3 is 0 Å². The minimum atomic E-state index is 0.449. The number of ether oxygens (including phenoxy) is 1. The van der Waals surface area contributed by atoms with E-state index in [9.17, 15) is 0 Å². The summed E-state index contributed by atoms with van der Waals surface area (Å²) in [6.07, 6.45) is 4.52. The van der Waals surface area contributed by atoms with Crippen LogP contribution in [-0.2, 0) is 6.61 Å². The van der Waals surface area contributed by atoms with Gasteiger partial charge in [-0.2, -0.15) is 4.98 Å². The minimum absolute atomic E-state index is 0.449. The molecule has 0 bridgehead atoms. The van der Waals surface area contributed by atoms with E-state index < -0.39 is 0 Å². The van der Waals surface area contributed by atoms with Crippen LogP contribution in [0.15, 0.2) is 28.7 Å². The first kappa shape index (κ1) is 7.30. The van der Waals surface area contributed by atoms with Crippen molar-refractivity contribution in [2.24, 2.45) is 0 Å². The maximum absolute atomic E-state index is 5.23. The van der Waals surface area contributed by atoms with Crippen LogP contribution in [0.25, 0.3) is 0 Å². The molecule has 0 aliphatic heterocycles. The standard InChI is InChI=1S/C7H6N2O2S/c1-2-12-7(8-1)4-11-6-3-10-5-9-6/h1-3,5H,4H2. The first-order valence-corrected chi connectivity index (χ1v) is 4.22. The summed E-state index contributed by atoms with van der Waals surface area (Å²) >= 11 is 1.55. The van der Waals surface area contributed by atoms with Gasteiger partial charge in [-0.1, -0.05) is 0 Å². The van der Waals surface area contributed by atoms with Crippen molar-refractivity contribution in [2.45, 2.75) is 6.61 Å². The summed E-state index contributed by atoms with van der Waals surface area (Å²) < 4.78 is 9.96. The lowest BCUT2D eigenvalue weighted by atomic mass is 10.7. The second-order valence-corrected chi connectivity index (χ2v) is 3.02. The van der Waals surface area contributed by atoms with Crippen LogP contribution in [0.2, 0.25) is 0 Å². The SMILES string of the molecule is c1csc(COc2cocn2)n1. The average molecular weight is 182 g/mol. The average Bonchev–Trinajstić information content (AvgIpc) is 2.74. The molecule has 0 aromatic carbocycles. The molecule has 0 saturated heterocycles. The van der Waals surface area contributed by atoms with E-state index in [0.717, 1.165) is 5.01 Å². The van der Waals surface area contributed by atoms with Gasteiger partial charge in [-0.3, -0.25) is 0 Å². The zero-order valence-electron chi connectivity index (χ0n) is 6.14. The fourth-order valence-electron chi connectivity index (χ4n) is 0.733. The molecule has 12 heavy (non-hydrogen) atoms. The van der Waals surface area contributed by atoms with E-state index in [4.69, 9.17) is 9.15 Å². The van der Waals surface area contributed by atoms with Gasteiger partial charge in [-0.05, 0) is 0 Å². The first-order chi connectivity index (χ1) is 5.95. The van der Waals surface area contributed by atoms with Gasteiger partial charge in [0.25, 0.3) is 5.88 Å². The Morgan fingerprint density at radius 1 is 1.50 bits per heavy atom. The molecule has 0 amide bonds. The molecule has 0 aliphatic rings. The summed E-state index contributed by atoms with van der Waals surface area (Å²) in [5, 5.41) is 2.83. The summed E-state index contributed by atoms with van der Waals surface area (Å²) in [5.74, 6) is 0.491. The lowest BCUT2D eigenvalue weighted by Gasteiger charge is -1.96. The molecule has 0 unspecified atom stereocenters. The van der Waals surface area contributed by atoms with E-state index in [-0.39, 0.29) is 0 Å². The Kier molecular flexibility index (Phi) is 2.04. The zero-order valence-corrected chi connectivity index (χ0v) is 6.95. The van der Waals surface area contributed by atoms with E-state index in [1.165, 1.54) is 12.7 Å². The molecule has 2 rings (SSSR count). The van der Waals surface area contributed by atoms with Crippen LogP contribution in [0.4, 0.5) is 0 Å². The van der Waals surface area contributed by atoms with Gasteiger partial charge < -0.3 is 9.15 Å². The van der Waals surface area contributed by atoms with Gasteiger partial charge in [0.15, 0.2) is 12.7 Å². The highest BCUT2D eigenvalue weighted by molar-refractivity contribution is 7.09. The van der Waals surface area contributed by atoms with Crippen molar-refractivity contribution < 1.29 is 9.15 Å². The van der Waals surface area contributed by atoms with E-state index in [1.54, 1.807) is 17.5 Å². The van der Waals surface area contributed by atoms with E-state index in [1.807, 2.05) is 5.38 Å². The van der Waals surface area contributed by atoms with E-state index in [0.29, 0.717) is 12.5 Å². The van der Waals surface area contributed by atoms with Gasteiger partial charge in [-0.15, -0.1) is 11.3 Å². The van der Waals surface area contributed by atoms with Gasteiger partial charge in [0, 0.05) is 11.6 Å². The third-order valence-electron chi connectivity index (χ3n) is 1.24. The summed E-state index contributed by atoms with van der Waals surface area (Å²) in [5.41, 5.74) is 0. The van der Waals surface area contributed by atoms with Crippen LogP contribution in [0.1, 0.15) is 5.01 Å². The third-order valence-corrected chi connectivity index (χ3v) is 1.99. The Bertz CT molecular complexity index is 283. The number of aromatic nitrogens is 2. The van der Waals surface area contributed by atoms with Crippen molar-refractivity contribution in [3.05, 3.63) is 29.2 Å². The number of oxazole rings is 1. The van der Waals surface area contributed by atoms with Gasteiger partial charge in [-0.25, -0.2) is 4.98 Å². The molecule has 0 N–H and O–H groups in total. The highest BCUT2D eigenvalue weighted by Crippen LogP contribution is 2.10. The topological polar surface area (TPSA) is 48.2 Å². The maximum atomic E-state index is 5.23. The summed E-state index contributed by atoms with van der Waals surface area (Å²) in [6.45, 7) is 0.449. The molecule has 0 fully saturated rings. The molecular weight excluding hydrogens is 176 g/mol. The quantitative estimate of drug-likeness (QED) is 0.725. The molecule has 0 spiro atoms. The normalized spacial score (nSPS) is 10.0. The molecule has 5 heteroatoms.